The number of halogens is 2. The number of hydrogen-bond acceptors (Lipinski definition) is 4. The standard InChI is InChI=1S/C11H9FIN3OS/c12-6-3-1-2-4-7(6)16-9(10(14)17)11-15-5-8(13)18-11/h1-5,9,16H,(H2,14,17). The fourth-order valence-electron chi connectivity index (χ4n) is 1.39. The molecule has 0 spiro atoms. The molecule has 1 heterocycles. The minimum absolute atomic E-state index is 0.228. The molecule has 0 aliphatic carbocycles. The third kappa shape index (κ3) is 2.96. The number of para-hydroxylation sites is 1. The summed E-state index contributed by atoms with van der Waals surface area (Å²) in [4.78, 5) is 15.5. The van der Waals surface area contributed by atoms with Crippen LogP contribution in [0.5, 0.6) is 0 Å². The van der Waals surface area contributed by atoms with Crippen LogP contribution in [0.2, 0.25) is 0 Å². The van der Waals surface area contributed by atoms with Gasteiger partial charge in [0, 0.05) is 0 Å². The summed E-state index contributed by atoms with van der Waals surface area (Å²) < 4.78 is 14.4. The molecular formula is C11H9FIN3OS. The van der Waals surface area contributed by atoms with Crippen molar-refractivity contribution < 1.29 is 9.18 Å². The summed E-state index contributed by atoms with van der Waals surface area (Å²) in [6.07, 6.45) is 1.64. The lowest BCUT2D eigenvalue weighted by Crippen LogP contribution is -2.27. The van der Waals surface area contributed by atoms with Gasteiger partial charge < -0.3 is 11.1 Å². The van der Waals surface area contributed by atoms with Gasteiger partial charge in [-0.1, -0.05) is 12.1 Å². The van der Waals surface area contributed by atoms with Crippen LogP contribution in [0.1, 0.15) is 11.0 Å². The molecule has 3 N–H and O–H groups in total. The first-order valence-corrected chi connectivity index (χ1v) is 6.89. The minimum Gasteiger partial charge on any atom is -0.368 e. The Labute approximate surface area is 121 Å². The number of carbonyl (C=O) groups excluding carboxylic acids is 1. The number of nitrogens with two attached hydrogens (primary N) is 1. The second kappa shape index (κ2) is 5.61. The monoisotopic (exact) mass is 377 g/mol. The molecule has 0 saturated carbocycles. The highest BCUT2D eigenvalue weighted by molar-refractivity contribution is 14.1. The van der Waals surface area contributed by atoms with Crippen molar-refractivity contribution in [3.05, 3.63) is 44.2 Å². The number of primary amides is 1. The molecule has 1 aromatic carbocycles. The van der Waals surface area contributed by atoms with E-state index < -0.39 is 17.8 Å². The van der Waals surface area contributed by atoms with E-state index in [1.807, 2.05) is 0 Å². The largest absolute Gasteiger partial charge is 0.368 e. The molecule has 0 bridgehead atoms. The fraction of sp³-hybridized carbons (Fsp3) is 0.0909. The molecule has 0 aliphatic heterocycles. The van der Waals surface area contributed by atoms with Gasteiger partial charge in [-0.2, -0.15) is 0 Å². The summed E-state index contributed by atoms with van der Waals surface area (Å²) in [7, 11) is 0. The normalized spacial score (nSPS) is 12.1. The highest BCUT2D eigenvalue weighted by atomic mass is 127. The van der Waals surface area contributed by atoms with Crippen LogP contribution in [0, 0.1) is 8.70 Å². The Balaban J connectivity index is 2.28. The third-order valence-electron chi connectivity index (χ3n) is 2.20. The molecule has 18 heavy (non-hydrogen) atoms. The van der Waals surface area contributed by atoms with Crippen molar-refractivity contribution in [2.75, 3.05) is 5.32 Å². The molecule has 2 rings (SSSR count). The number of hydrogen-bond donors (Lipinski definition) is 2. The minimum atomic E-state index is -0.824. The molecule has 1 amide bonds. The average molecular weight is 377 g/mol. The predicted octanol–water partition coefficient (Wildman–Crippen LogP) is 2.53. The lowest BCUT2D eigenvalue weighted by Gasteiger charge is -2.14. The van der Waals surface area contributed by atoms with Crippen LogP contribution in [-0.4, -0.2) is 10.9 Å². The number of amides is 1. The molecular weight excluding hydrogens is 368 g/mol. The number of nitrogens with one attached hydrogen (secondary N) is 1. The van der Waals surface area contributed by atoms with Crippen molar-refractivity contribution in [1.82, 2.24) is 4.98 Å². The van der Waals surface area contributed by atoms with Gasteiger partial charge in [0.15, 0.2) is 6.04 Å². The number of thiazole rings is 1. The van der Waals surface area contributed by atoms with Crippen molar-refractivity contribution in [1.29, 1.82) is 0 Å². The summed E-state index contributed by atoms with van der Waals surface area (Å²) in [5.41, 5.74) is 5.54. The predicted molar refractivity (Wildman–Crippen MR) is 76.8 cm³/mol. The molecule has 0 saturated heterocycles. The van der Waals surface area contributed by atoms with Crippen LogP contribution in [0.15, 0.2) is 30.5 Å². The van der Waals surface area contributed by atoms with Crippen molar-refractivity contribution in [2.24, 2.45) is 5.73 Å². The van der Waals surface area contributed by atoms with E-state index in [-0.39, 0.29) is 5.69 Å². The molecule has 1 unspecified atom stereocenters. The van der Waals surface area contributed by atoms with E-state index in [0.717, 1.165) is 2.88 Å². The van der Waals surface area contributed by atoms with Crippen LogP contribution in [0.3, 0.4) is 0 Å². The Bertz CT molecular complexity index is 575. The summed E-state index contributed by atoms with van der Waals surface area (Å²) in [5.74, 6) is -1.03. The summed E-state index contributed by atoms with van der Waals surface area (Å²) >= 11 is 3.44. The number of carbonyl (C=O) groups is 1. The highest BCUT2D eigenvalue weighted by Gasteiger charge is 2.22. The van der Waals surface area contributed by atoms with Gasteiger partial charge in [0.2, 0.25) is 5.91 Å². The zero-order valence-corrected chi connectivity index (χ0v) is 12.0. The van der Waals surface area contributed by atoms with Crippen LogP contribution >= 0.6 is 33.9 Å². The number of aromatic nitrogens is 1. The van der Waals surface area contributed by atoms with E-state index in [1.54, 1.807) is 24.4 Å². The second-order valence-electron chi connectivity index (χ2n) is 3.46. The Morgan fingerprint density at radius 1 is 1.50 bits per heavy atom. The third-order valence-corrected chi connectivity index (χ3v) is 3.99. The Hall–Kier alpha value is -1.22. The smallest absolute Gasteiger partial charge is 0.247 e. The van der Waals surface area contributed by atoms with Gasteiger partial charge in [0.1, 0.15) is 10.8 Å². The molecule has 7 heteroatoms. The van der Waals surface area contributed by atoms with E-state index in [2.05, 4.69) is 32.9 Å². The Morgan fingerprint density at radius 2 is 2.22 bits per heavy atom. The molecule has 0 aliphatic rings. The highest BCUT2D eigenvalue weighted by Crippen LogP contribution is 2.25. The maximum atomic E-state index is 13.5. The SMILES string of the molecule is NC(=O)C(Nc1ccccc1F)c1ncc(I)s1. The van der Waals surface area contributed by atoms with Gasteiger partial charge in [-0.3, -0.25) is 4.79 Å². The second-order valence-corrected chi connectivity index (χ2v) is 6.42. The van der Waals surface area contributed by atoms with Crippen LogP contribution in [0.25, 0.3) is 0 Å². The Kier molecular flexibility index (Phi) is 4.12. The van der Waals surface area contributed by atoms with Gasteiger partial charge in [0.25, 0.3) is 0 Å². The maximum Gasteiger partial charge on any atom is 0.247 e. The van der Waals surface area contributed by atoms with Crippen molar-refractivity contribution in [2.45, 2.75) is 6.04 Å². The first-order chi connectivity index (χ1) is 8.58. The summed E-state index contributed by atoms with van der Waals surface area (Å²) in [6.45, 7) is 0. The molecule has 0 radical (unpaired) electrons. The van der Waals surface area contributed by atoms with Crippen LogP contribution < -0.4 is 11.1 Å². The molecule has 1 atom stereocenters. The number of rotatable bonds is 4. The van der Waals surface area contributed by atoms with Crippen LogP contribution in [-0.2, 0) is 4.79 Å². The Morgan fingerprint density at radius 3 is 2.78 bits per heavy atom. The van der Waals surface area contributed by atoms with Crippen molar-refractivity contribution in [3.63, 3.8) is 0 Å². The quantitative estimate of drug-likeness (QED) is 0.805. The first-order valence-electron chi connectivity index (χ1n) is 4.99. The number of nitrogens with zero attached hydrogens (tertiary/aromatic N) is 1. The molecule has 94 valence electrons. The summed E-state index contributed by atoms with van der Waals surface area (Å²) in [5, 5.41) is 3.29. The molecule has 1 aromatic heterocycles. The van der Waals surface area contributed by atoms with Gasteiger partial charge in [-0.15, -0.1) is 11.3 Å². The van der Waals surface area contributed by atoms with Crippen molar-refractivity contribution >= 4 is 45.5 Å². The van der Waals surface area contributed by atoms with E-state index >= 15 is 0 Å². The lowest BCUT2D eigenvalue weighted by molar-refractivity contribution is -0.118. The van der Waals surface area contributed by atoms with E-state index in [0.29, 0.717) is 5.01 Å². The van der Waals surface area contributed by atoms with Gasteiger partial charge in [-0.05, 0) is 34.7 Å². The average Bonchev–Trinajstić information content (AvgIpc) is 2.74. The lowest BCUT2D eigenvalue weighted by atomic mass is 10.2. The molecule has 0 fully saturated rings. The number of benzene rings is 1. The topological polar surface area (TPSA) is 68.0 Å². The fourth-order valence-corrected chi connectivity index (χ4v) is 2.91. The van der Waals surface area contributed by atoms with E-state index in [1.165, 1.54) is 17.4 Å². The van der Waals surface area contributed by atoms with Gasteiger partial charge >= 0.3 is 0 Å². The van der Waals surface area contributed by atoms with Gasteiger partial charge in [-0.25, -0.2) is 9.37 Å². The van der Waals surface area contributed by atoms with Crippen LogP contribution in [0.4, 0.5) is 10.1 Å². The summed E-state index contributed by atoms with van der Waals surface area (Å²) in [6, 6.07) is 5.28. The maximum absolute atomic E-state index is 13.5. The first kappa shape index (κ1) is 13.2. The molecule has 4 nitrogen and oxygen atoms in total. The van der Waals surface area contributed by atoms with E-state index in [4.69, 9.17) is 5.73 Å². The van der Waals surface area contributed by atoms with E-state index in [9.17, 15) is 9.18 Å². The zero-order chi connectivity index (χ0) is 13.1. The van der Waals surface area contributed by atoms with Gasteiger partial charge in [0.05, 0.1) is 14.8 Å². The zero-order valence-electron chi connectivity index (χ0n) is 9.06. The van der Waals surface area contributed by atoms with Crippen molar-refractivity contribution in [3.8, 4) is 0 Å². The molecule has 2 aromatic rings. The number of anilines is 1.